The van der Waals surface area contributed by atoms with Crippen LogP contribution < -0.4 is 26.8 Å². The second-order valence-electron chi connectivity index (χ2n) is 11.1. The minimum atomic E-state index is -1.30. The summed E-state index contributed by atoms with van der Waals surface area (Å²) in [5.74, 6) is -1.35. The second-order valence-corrected chi connectivity index (χ2v) is 11.1. The molecule has 1 aliphatic rings. The van der Waals surface area contributed by atoms with E-state index in [2.05, 4.69) is 48.5 Å². The predicted molar refractivity (Wildman–Crippen MR) is 167 cm³/mol. The van der Waals surface area contributed by atoms with Gasteiger partial charge in [-0.3, -0.25) is 19.4 Å². The van der Waals surface area contributed by atoms with E-state index in [1.165, 1.54) is 19.4 Å². The maximum atomic E-state index is 12.8. The molecule has 1 aromatic rings. The number of guanidine groups is 1. The highest BCUT2D eigenvalue weighted by Crippen LogP contribution is 2.19. The zero-order valence-corrected chi connectivity index (χ0v) is 26.1. The maximum Gasteiger partial charge on any atom is 0.415 e. The van der Waals surface area contributed by atoms with E-state index in [1.807, 2.05) is 6.07 Å². The van der Waals surface area contributed by atoms with Crippen LogP contribution >= 0.6 is 0 Å². The first kappa shape index (κ1) is 37.2. The van der Waals surface area contributed by atoms with Gasteiger partial charge in [-0.05, 0) is 70.7 Å². The summed E-state index contributed by atoms with van der Waals surface area (Å²) in [6.07, 6.45) is 4.44. The molecule has 1 heterocycles. The number of benzene rings is 1. The number of hydrogen-bond acceptors (Lipinski definition) is 7. The van der Waals surface area contributed by atoms with Crippen molar-refractivity contribution in [1.29, 1.82) is 0 Å². The van der Waals surface area contributed by atoms with Gasteiger partial charge >= 0.3 is 12.1 Å². The number of nitrogens with one attached hydrogen (secondary N) is 2. The lowest BCUT2D eigenvalue weighted by molar-refractivity contribution is -0.141. The number of aliphatic carboxylic acids is 1. The fourth-order valence-electron chi connectivity index (χ4n) is 4.81. The zero-order chi connectivity index (χ0) is 32.2. The molecular formula is C30H51N7O6. The van der Waals surface area contributed by atoms with Crippen molar-refractivity contribution in [2.24, 2.45) is 22.4 Å². The van der Waals surface area contributed by atoms with Crippen LogP contribution in [0.2, 0.25) is 0 Å². The molecule has 1 saturated heterocycles. The molecule has 0 spiro atoms. The number of nitrogens with two attached hydrogens (primary N) is 2. The normalized spacial score (nSPS) is 15.7. The van der Waals surface area contributed by atoms with Crippen LogP contribution in [0.4, 0.5) is 4.79 Å². The molecule has 3 unspecified atom stereocenters. The summed E-state index contributed by atoms with van der Waals surface area (Å²) >= 11 is 0. The van der Waals surface area contributed by atoms with E-state index in [0.717, 1.165) is 18.8 Å². The summed E-state index contributed by atoms with van der Waals surface area (Å²) in [6, 6.07) is 7.49. The lowest BCUT2D eigenvalue weighted by Gasteiger charge is -2.35. The first-order valence-corrected chi connectivity index (χ1v) is 14.9. The van der Waals surface area contributed by atoms with Crippen LogP contribution in [0.25, 0.3) is 0 Å². The summed E-state index contributed by atoms with van der Waals surface area (Å²) in [5.41, 5.74) is 10.6. The Bertz CT molecular complexity index is 1020. The van der Waals surface area contributed by atoms with Crippen molar-refractivity contribution in [2.75, 3.05) is 40.3 Å². The highest BCUT2D eigenvalue weighted by molar-refractivity contribution is 5.96. The van der Waals surface area contributed by atoms with E-state index in [0.29, 0.717) is 25.1 Å². The number of likely N-dealkylation sites (tertiary alicyclic amines) is 1. The van der Waals surface area contributed by atoms with Crippen LogP contribution in [-0.2, 0) is 14.4 Å². The summed E-state index contributed by atoms with van der Waals surface area (Å²) in [7, 11) is 4.26. The molecule has 13 nitrogen and oxygen atoms in total. The number of aliphatic imine (C=N–C) groups is 1. The summed E-state index contributed by atoms with van der Waals surface area (Å²) in [6.45, 7) is 6.71. The van der Waals surface area contributed by atoms with E-state index in [-0.39, 0.29) is 31.5 Å². The number of carbonyl (C=O) groups is 4. The van der Waals surface area contributed by atoms with Gasteiger partial charge in [-0.25, -0.2) is 4.79 Å². The van der Waals surface area contributed by atoms with Gasteiger partial charge in [0.25, 0.3) is 0 Å². The number of para-hydroxylation sites is 1. The van der Waals surface area contributed by atoms with Gasteiger partial charge in [-0.15, -0.1) is 0 Å². The fourth-order valence-corrected chi connectivity index (χ4v) is 4.81. The van der Waals surface area contributed by atoms with Gasteiger partial charge in [0.15, 0.2) is 5.96 Å². The minimum absolute atomic E-state index is 0.0873. The van der Waals surface area contributed by atoms with E-state index >= 15 is 0 Å². The first-order valence-electron chi connectivity index (χ1n) is 14.9. The van der Waals surface area contributed by atoms with Gasteiger partial charge in [-0.2, -0.15) is 0 Å². The molecule has 0 aliphatic carbocycles. The van der Waals surface area contributed by atoms with Crippen LogP contribution in [0.1, 0.15) is 65.2 Å². The molecule has 0 aromatic heterocycles. The predicted octanol–water partition coefficient (Wildman–Crippen LogP) is 2.15. The minimum Gasteiger partial charge on any atom is -0.481 e. The molecule has 3 amide bonds. The largest absolute Gasteiger partial charge is 0.481 e. The van der Waals surface area contributed by atoms with Gasteiger partial charge in [0.1, 0.15) is 18.2 Å². The Hall–Kier alpha value is -3.87. The van der Waals surface area contributed by atoms with Crippen LogP contribution in [0.3, 0.4) is 0 Å². The Morgan fingerprint density at radius 2 is 1.84 bits per heavy atom. The average Bonchev–Trinajstić information content (AvgIpc) is 2.93. The maximum absolute atomic E-state index is 12.8. The molecule has 2 rings (SSSR count). The highest BCUT2D eigenvalue weighted by Gasteiger charge is 2.30. The standard InChI is InChI=1S/C22H32N6O6.C8H19N/c23-21(24)25-11-6-10-17(27-18(29)13-19(30)31)20(32)26-14-15-7-4-5-12-28(15)22(33)34-16-8-2-1-3-9-16;1-5-6-8(2)7-9(3)4/h1-3,8-9,15,17H,4-7,10-14H2,(H,26,32)(H,27,29)(H,30,31)(H4,23,24,25);8H,5-7H2,1-4H3. The summed E-state index contributed by atoms with van der Waals surface area (Å²) < 4.78 is 5.44. The molecule has 242 valence electrons. The van der Waals surface area contributed by atoms with E-state index in [1.54, 1.807) is 29.2 Å². The van der Waals surface area contributed by atoms with Crippen LogP contribution in [0.5, 0.6) is 5.75 Å². The van der Waals surface area contributed by atoms with Crippen molar-refractivity contribution >= 4 is 29.8 Å². The molecular weight excluding hydrogens is 554 g/mol. The molecule has 1 aromatic carbocycles. The molecule has 1 fully saturated rings. The highest BCUT2D eigenvalue weighted by atomic mass is 16.6. The van der Waals surface area contributed by atoms with Crippen LogP contribution in [0.15, 0.2) is 35.3 Å². The van der Waals surface area contributed by atoms with Crippen LogP contribution in [-0.4, -0.2) is 97.1 Å². The SMILES string of the molecule is CCCC(C)CN(C)C.NC(N)=NCCCC(NC(=O)CC(=O)O)C(=O)NCC1CCCCN1C(=O)Oc1ccccc1. The lowest BCUT2D eigenvalue weighted by atomic mass is 10.0. The van der Waals surface area contributed by atoms with Gasteiger partial charge in [0.2, 0.25) is 11.8 Å². The van der Waals surface area contributed by atoms with Crippen molar-refractivity contribution in [3.63, 3.8) is 0 Å². The Morgan fingerprint density at radius 3 is 2.44 bits per heavy atom. The third-order valence-corrected chi connectivity index (χ3v) is 6.69. The Kier molecular flexibility index (Phi) is 18.1. The number of carboxylic acid groups (broad SMARTS) is 1. The Morgan fingerprint density at radius 1 is 1.14 bits per heavy atom. The van der Waals surface area contributed by atoms with Crippen molar-refractivity contribution in [1.82, 2.24) is 20.4 Å². The van der Waals surface area contributed by atoms with E-state index < -0.39 is 36.3 Å². The molecule has 7 N–H and O–H groups in total. The molecule has 0 saturated carbocycles. The lowest BCUT2D eigenvalue weighted by Crippen LogP contribution is -2.53. The quantitative estimate of drug-likeness (QED) is 0.0862. The topological polar surface area (TPSA) is 193 Å². The van der Waals surface area contributed by atoms with Gasteiger partial charge in [-0.1, -0.05) is 38.5 Å². The summed E-state index contributed by atoms with van der Waals surface area (Å²) in [5, 5.41) is 14.0. The Labute approximate surface area is 255 Å². The van der Waals surface area contributed by atoms with E-state index in [9.17, 15) is 19.2 Å². The number of nitrogens with zero attached hydrogens (tertiary/aromatic N) is 3. The van der Waals surface area contributed by atoms with Crippen molar-refractivity contribution in [3.05, 3.63) is 30.3 Å². The number of piperidine rings is 1. The number of amides is 3. The van der Waals surface area contributed by atoms with Gasteiger partial charge < -0.3 is 41.7 Å². The number of hydrogen-bond donors (Lipinski definition) is 5. The zero-order valence-electron chi connectivity index (χ0n) is 26.1. The Balaban J connectivity index is 0.000000887. The van der Waals surface area contributed by atoms with E-state index in [4.69, 9.17) is 21.3 Å². The molecule has 0 bridgehead atoms. The van der Waals surface area contributed by atoms with Crippen molar-refractivity contribution in [3.8, 4) is 5.75 Å². The van der Waals surface area contributed by atoms with Crippen molar-refractivity contribution < 1.29 is 29.0 Å². The second kappa shape index (κ2) is 20.9. The average molecular weight is 606 g/mol. The smallest absolute Gasteiger partial charge is 0.415 e. The molecule has 13 heteroatoms. The van der Waals surface area contributed by atoms with Gasteiger partial charge in [0.05, 0.1) is 6.04 Å². The van der Waals surface area contributed by atoms with Gasteiger partial charge in [0, 0.05) is 26.2 Å². The molecule has 0 radical (unpaired) electrons. The number of carboxylic acids is 1. The monoisotopic (exact) mass is 605 g/mol. The third kappa shape index (κ3) is 17.0. The third-order valence-electron chi connectivity index (χ3n) is 6.69. The molecule has 43 heavy (non-hydrogen) atoms. The molecule has 1 aliphatic heterocycles. The fraction of sp³-hybridized carbons (Fsp3) is 0.633. The number of carbonyl (C=O) groups excluding carboxylic acids is 3. The van der Waals surface area contributed by atoms with Crippen molar-refractivity contribution in [2.45, 2.75) is 77.3 Å². The summed E-state index contributed by atoms with van der Waals surface area (Å²) in [4.78, 5) is 55.9. The number of rotatable bonds is 15. The number of ether oxygens (including phenoxy) is 1. The van der Waals surface area contributed by atoms with Crippen LogP contribution in [0, 0.1) is 5.92 Å². The molecule has 3 atom stereocenters. The first-order chi connectivity index (χ1) is 20.4.